The van der Waals surface area contributed by atoms with Crippen molar-refractivity contribution in [3.8, 4) is 0 Å². The summed E-state index contributed by atoms with van der Waals surface area (Å²) in [6.45, 7) is 5.63. The minimum Gasteiger partial charge on any atom is -0.381 e. The van der Waals surface area contributed by atoms with Crippen molar-refractivity contribution < 1.29 is 14.2 Å². The molecular formula is C15H27NO3. The van der Waals surface area contributed by atoms with Crippen LogP contribution in [0, 0.1) is 5.92 Å². The Labute approximate surface area is 116 Å². The summed E-state index contributed by atoms with van der Waals surface area (Å²) >= 11 is 0. The molecule has 2 unspecified atom stereocenters. The largest absolute Gasteiger partial charge is 0.381 e. The van der Waals surface area contributed by atoms with Crippen molar-refractivity contribution in [3.63, 3.8) is 0 Å². The van der Waals surface area contributed by atoms with Gasteiger partial charge in [-0.05, 0) is 44.4 Å². The van der Waals surface area contributed by atoms with E-state index in [2.05, 4.69) is 5.32 Å². The first-order valence-corrected chi connectivity index (χ1v) is 7.89. The Morgan fingerprint density at radius 2 is 1.89 bits per heavy atom. The van der Waals surface area contributed by atoms with Gasteiger partial charge in [-0.3, -0.25) is 0 Å². The molecule has 1 spiro atoms. The average Bonchev–Trinajstić information content (AvgIpc) is 2.47. The van der Waals surface area contributed by atoms with Crippen LogP contribution in [-0.4, -0.2) is 51.2 Å². The summed E-state index contributed by atoms with van der Waals surface area (Å²) in [4.78, 5) is 0. The molecule has 4 heteroatoms. The van der Waals surface area contributed by atoms with E-state index in [1.54, 1.807) is 0 Å². The number of nitrogens with one attached hydrogen (secondary N) is 1. The molecule has 110 valence electrons. The zero-order valence-corrected chi connectivity index (χ0v) is 11.9. The minimum atomic E-state index is 0.108. The predicted octanol–water partition coefficient (Wildman–Crippen LogP) is 1.73. The van der Waals surface area contributed by atoms with Gasteiger partial charge in [0.1, 0.15) is 0 Å². The van der Waals surface area contributed by atoms with Crippen LogP contribution < -0.4 is 5.32 Å². The molecule has 3 fully saturated rings. The van der Waals surface area contributed by atoms with Crippen molar-refractivity contribution in [1.82, 2.24) is 5.32 Å². The van der Waals surface area contributed by atoms with Gasteiger partial charge in [0.15, 0.2) is 0 Å². The highest BCUT2D eigenvalue weighted by atomic mass is 16.5. The van der Waals surface area contributed by atoms with Gasteiger partial charge >= 0.3 is 0 Å². The molecule has 3 aliphatic rings. The quantitative estimate of drug-likeness (QED) is 0.847. The van der Waals surface area contributed by atoms with Crippen LogP contribution in [0.5, 0.6) is 0 Å². The van der Waals surface area contributed by atoms with Crippen molar-refractivity contribution in [2.45, 2.75) is 50.2 Å². The molecule has 0 aromatic heterocycles. The molecule has 0 aromatic rings. The summed E-state index contributed by atoms with van der Waals surface area (Å²) < 4.78 is 17.1. The summed E-state index contributed by atoms with van der Waals surface area (Å²) in [5.74, 6) is 0.710. The number of hydrogen-bond acceptors (Lipinski definition) is 4. The molecule has 0 saturated carbocycles. The van der Waals surface area contributed by atoms with E-state index in [0.29, 0.717) is 12.0 Å². The van der Waals surface area contributed by atoms with Crippen LogP contribution in [0.1, 0.15) is 38.5 Å². The van der Waals surface area contributed by atoms with Crippen molar-refractivity contribution in [1.29, 1.82) is 0 Å². The normalized spacial score (nSPS) is 35.4. The third-order valence-electron chi connectivity index (χ3n) is 4.85. The first kappa shape index (κ1) is 13.8. The van der Waals surface area contributed by atoms with Crippen molar-refractivity contribution in [2.24, 2.45) is 5.92 Å². The molecule has 3 saturated heterocycles. The van der Waals surface area contributed by atoms with Gasteiger partial charge in [0.2, 0.25) is 0 Å². The second kappa shape index (κ2) is 6.53. The van der Waals surface area contributed by atoms with Gasteiger partial charge in [-0.1, -0.05) is 0 Å². The molecule has 0 aromatic carbocycles. The van der Waals surface area contributed by atoms with Crippen LogP contribution in [-0.2, 0) is 14.2 Å². The monoisotopic (exact) mass is 269 g/mol. The Bertz CT molecular complexity index is 267. The third-order valence-corrected chi connectivity index (χ3v) is 4.85. The second-order valence-electron chi connectivity index (χ2n) is 6.32. The Hall–Kier alpha value is -0.160. The molecule has 19 heavy (non-hydrogen) atoms. The van der Waals surface area contributed by atoms with E-state index in [1.165, 1.54) is 12.8 Å². The van der Waals surface area contributed by atoms with E-state index in [4.69, 9.17) is 14.2 Å². The van der Waals surface area contributed by atoms with Crippen molar-refractivity contribution >= 4 is 0 Å². The van der Waals surface area contributed by atoms with E-state index in [0.717, 1.165) is 65.3 Å². The first-order valence-electron chi connectivity index (χ1n) is 7.89. The van der Waals surface area contributed by atoms with Gasteiger partial charge in [-0.15, -0.1) is 0 Å². The molecule has 3 heterocycles. The molecule has 3 rings (SSSR count). The molecule has 1 N–H and O–H groups in total. The fraction of sp³-hybridized carbons (Fsp3) is 1.00. The molecule has 0 radical (unpaired) electrons. The Balaban J connectivity index is 1.45. The summed E-state index contributed by atoms with van der Waals surface area (Å²) in [5.41, 5.74) is 0.108. The minimum absolute atomic E-state index is 0.108. The third kappa shape index (κ3) is 3.69. The SMILES string of the molecule is C1COCC(CNC2CCOC3(CCOCC3)C2)C1. The number of ether oxygens (including phenoxy) is 3. The lowest BCUT2D eigenvalue weighted by Crippen LogP contribution is -2.50. The molecule has 4 nitrogen and oxygen atoms in total. The average molecular weight is 269 g/mol. The molecule has 3 aliphatic heterocycles. The summed E-state index contributed by atoms with van der Waals surface area (Å²) in [6, 6.07) is 0.619. The highest BCUT2D eigenvalue weighted by molar-refractivity contribution is 4.91. The Morgan fingerprint density at radius 3 is 2.68 bits per heavy atom. The fourth-order valence-electron chi connectivity index (χ4n) is 3.60. The van der Waals surface area contributed by atoms with Gasteiger partial charge in [-0.25, -0.2) is 0 Å². The maximum Gasteiger partial charge on any atom is 0.0741 e. The highest BCUT2D eigenvalue weighted by Gasteiger charge is 2.38. The summed E-state index contributed by atoms with van der Waals surface area (Å²) in [6.07, 6.45) is 6.98. The van der Waals surface area contributed by atoms with E-state index in [1.807, 2.05) is 0 Å². The van der Waals surface area contributed by atoms with Gasteiger partial charge < -0.3 is 19.5 Å². The number of hydrogen-bond donors (Lipinski definition) is 1. The highest BCUT2D eigenvalue weighted by Crippen LogP contribution is 2.34. The zero-order valence-electron chi connectivity index (χ0n) is 11.9. The smallest absolute Gasteiger partial charge is 0.0741 e. The van der Waals surface area contributed by atoms with Crippen molar-refractivity contribution in [3.05, 3.63) is 0 Å². The van der Waals surface area contributed by atoms with Crippen LogP contribution in [0.25, 0.3) is 0 Å². The second-order valence-corrected chi connectivity index (χ2v) is 6.32. The Kier molecular flexibility index (Phi) is 4.74. The van der Waals surface area contributed by atoms with Gasteiger partial charge in [0.05, 0.1) is 12.2 Å². The van der Waals surface area contributed by atoms with Gasteiger partial charge in [0.25, 0.3) is 0 Å². The van der Waals surface area contributed by atoms with Gasteiger partial charge in [-0.2, -0.15) is 0 Å². The zero-order chi connectivity index (χ0) is 13.0. The van der Waals surface area contributed by atoms with Crippen LogP contribution in [0.3, 0.4) is 0 Å². The summed E-state index contributed by atoms with van der Waals surface area (Å²) in [5, 5.41) is 3.76. The van der Waals surface area contributed by atoms with E-state index in [-0.39, 0.29) is 5.60 Å². The summed E-state index contributed by atoms with van der Waals surface area (Å²) in [7, 11) is 0. The maximum absolute atomic E-state index is 6.08. The molecule has 0 bridgehead atoms. The molecule has 0 aliphatic carbocycles. The number of rotatable bonds is 3. The lowest BCUT2D eigenvalue weighted by molar-refractivity contribution is -0.140. The lowest BCUT2D eigenvalue weighted by Gasteiger charge is -2.43. The van der Waals surface area contributed by atoms with Crippen molar-refractivity contribution in [2.75, 3.05) is 39.6 Å². The first-order chi connectivity index (χ1) is 9.36. The van der Waals surface area contributed by atoms with E-state index >= 15 is 0 Å². The molecule has 2 atom stereocenters. The van der Waals surface area contributed by atoms with E-state index in [9.17, 15) is 0 Å². The standard InChI is InChI=1S/C15H27NO3/c1-2-13(12-18-6-1)11-16-14-3-7-19-15(10-14)4-8-17-9-5-15/h13-14,16H,1-12H2. The maximum atomic E-state index is 6.08. The predicted molar refractivity (Wildman–Crippen MR) is 73.3 cm³/mol. The topological polar surface area (TPSA) is 39.7 Å². The molecule has 0 amide bonds. The van der Waals surface area contributed by atoms with Crippen LogP contribution in [0.15, 0.2) is 0 Å². The van der Waals surface area contributed by atoms with Crippen LogP contribution in [0.2, 0.25) is 0 Å². The van der Waals surface area contributed by atoms with Crippen LogP contribution >= 0.6 is 0 Å². The molecular weight excluding hydrogens is 242 g/mol. The fourth-order valence-corrected chi connectivity index (χ4v) is 3.60. The van der Waals surface area contributed by atoms with E-state index < -0.39 is 0 Å². The van der Waals surface area contributed by atoms with Crippen LogP contribution in [0.4, 0.5) is 0 Å². The Morgan fingerprint density at radius 1 is 1.00 bits per heavy atom. The van der Waals surface area contributed by atoms with Gasteiger partial charge in [0, 0.05) is 39.0 Å². The lowest BCUT2D eigenvalue weighted by atomic mass is 9.84.